The minimum absolute atomic E-state index is 0. The number of benzene rings is 1. The first kappa shape index (κ1) is 17.0. The average Bonchev–Trinajstić information content (AvgIpc) is 2.42. The zero-order valence-corrected chi connectivity index (χ0v) is 13.0. The normalized spacial score (nSPS) is 17.1. The summed E-state index contributed by atoms with van der Waals surface area (Å²) in [6.45, 7) is 2.63. The minimum Gasteiger partial charge on any atom is -0.330 e. The molecule has 0 spiro atoms. The van der Waals surface area contributed by atoms with Gasteiger partial charge in [-0.25, -0.2) is 0 Å². The van der Waals surface area contributed by atoms with Gasteiger partial charge in [0.2, 0.25) is 5.91 Å². The molecule has 0 unspecified atom stereocenters. The Kier molecular flexibility index (Phi) is 6.50. The Morgan fingerprint density at radius 3 is 2.50 bits per heavy atom. The fourth-order valence-corrected chi connectivity index (χ4v) is 3.00. The summed E-state index contributed by atoms with van der Waals surface area (Å²) in [7, 11) is 0. The van der Waals surface area contributed by atoms with Crippen LogP contribution in [0.3, 0.4) is 0 Å². The second kappa shape index (κ2) is 7.65. The number of hydrogen-bond acceptors (Lipinski definition) is 2. The number of para-hydroxylation sites is 1. The monoisotopic (exact) mass is 296 g/mol. The molecule has 3 N–H and O–H groups in total. The first-order chi connectivity index (χ1) is 9.15. The van der Waals surface area contributed by atoms with Crippen molar-refractivity contribution in [3.05, 3.63) is 29.8 Å². The number of anilines is 1. The smallest absolute Gasteiger partial charge is 0.224 e. The van der Waals surface area contributed by atoms with Crippen molar-refractivity contribution in [2.24, 2.45) is 11.1 Å². The van der Waals surface area contributed by atoms with E-state index in [1.165, 1.54) is 19.3 Å². The predicted molar refractivity (Wildman–Crippen MR) is 86.2 cm³/mol. The summed E-state index contributed by atoms with van der Waals surface area (Å²) in [5.41, 5.74) is 7.97. The molecule has 1 aromatic carbocycles. The van der Waals surface area contributed by atoms with Crippen LogP contribution in [0.4, 0.5) is 5.69 Å². The van der Waals surface area contributed by atoms with Crippen molar-refractivity contribution in [3.8, 4) is 0 Å². The van der Waals surface area contributed by atoms with Gasteiger partial charge in [0.25, 0.3) is 0 Å². The van der Waals surface area contributed by atoms with Gasteiger partial charge in [-0.15, -0.1) is 12.4 Å². The lowest BCUT2D eigenvalue weighted by molar-refractivity contribution is -0.118. The third-order valence-electron chi connectivity index (χ3n) is 4.30. The number of nitrogens with one attached hydrogen (secondary N) is 1. The largest absolute Gasteiger partial charge is 0.330 e. The van der Waals surface area contributed by atoms with E-state index in [2.05, 4.69) is 5.32 Å². The van der Waals surface area contributed by atoms with E-state index < -0.39 is 0 Å². The maximum atomic E-state index is 12.2. The number of halogens is 1. The summed E-state index contributed by atoms with van der Waals surface area (Å²) in [5, 5.41) is 3.02. The van der Waals surface area contributed by atoms with E-state index in [1.807, 2.05) is 31.2 Å². The molecule has 4 heteroatoms. The van der Waals surface area contributed by atoms with Crippen LogP contribution < -0.4 is 11.1 Å². The molecule has 112 valence electrons. The summed E-state index contributed by atoms with van der Waals surface area (Å²) in [6, 6.07) is 7.88. The van der Waals surface area contributed by atoms with Gasteiger partial charge in [-0.1, -0.05) is 37.5 Å². The Bertz CT molecular complexity index is 442. The molecule has 3 nitrogen and oxygen atoms in total. The Balaban J connectivity index is 0.00000200. The molecule has 0 heterocycles. The first-order valence-corrected chi connectivity index (χ1v) is 7.21. The van der Waals surface area contributed by atoms with Crippen LogP contribution in [-0.2, 0) is 4.79 Å². The molecule has 0 bridgehead atoms. The molecule has 0 radical (unpaired) electrons. The van der Waals surface area contributed by atoms with Crippen molar-refractivity contribution < 1.29 is 4.79 Å². The second-order valence-electron chi connectivity index (χ2n) is 5.80. The van der Waals surface area contributed by atoms with E-state index >= 15 is 0 Å². The van der Waals surface area contributed by atoms with E-state index in [-0.39, 0.29) is 23.7 Å². The zero-order valence-electron chi connectivity index (χ0n) is 12.2. The van der Waals surface area contributed by atoms with Gasteiger partial charge < -0.3 is 11.1 Å². The van der Waals surface area contributed by atoms with Crippen molar-refractivity contribution in [3.63, 3.8) is 0 Å². The highest BCUT2D eigenvalue weighted by Crippen LogP contribution is 2.38. The van der Waals surface area contributed by atoms with Gasteiger partial charge in [0.15, 0.2) is 0 Å². The Morgan fingerprint density at radius 2 is 1.90 bits per heavy atom. The third kappa shape index (κ3) is 4.22. The van der Waals surface area contributed by atoms with Crippen molar-refractivity contribution in [1.82, 2.24) is 0 Å². The first-order valence-electron chi connectivity index (χ1n) is 7.21. The molecule has 1 fully saturated rings. The minimum atomic E-state index is 0. The van der Waals surface area contributed by atoms with E-state index in [4.69, 9.17) is 5.73 Å². The van der Waals surface area contributed by atoms with Crippen LogP contribution >= 0.6 is 12.4 Å². The van der Waals surface area contributed by atoms with Gasteiger partial charge in [-0.05, 0) is 43.4 Å². The van der Waals surface area contributed by atoms with Crippen LogP contribution in [0.15, 0.2) is 24.3 Å². The molecule has 1 aromatic rings. The van der Waals surface area contributed by atoms with Crippen molar-refractivity contribution in [2.45, 2.75) is 45.4 Å². The van der Waals surface area contributed by atoms with Crippen molar-refractivity contribution in [1.29, 1.82) is 0 Å². The van der Waals surface area contributed by atoms with Gasteiger partial charge in [0.05, 0.1) is 0 Å². The standard InChI is InChI=1S/C16H24N2O.ClH/c1-13-7-3-4-8-14(13)18-15(19)11-16(12-17)9-5-2-6-10-16;/h3-4,7-8H,2,5-6,9-12,17H2,1H3,(H,18,19);1H. The van der Waals surface area contributed by atoms with Crippen LogP contribution in [0.1, 0.15) is 44.1 Å². The van der Waals surface area contributed by atoms with Gasteiger partial charge in [0.1, 0.15) is 0 Å². The fraction of sp³-hybridized carbons (Fsp3) is 0.562. The lowest BCUT2D eigenvalue weighted by Gasteiger charge is -2.35. The molecule has 20 heavy (non-hydrogen) atoms. The highest BCUT2D eigenvalue weighted by molar-refractivity contribution is 5.91. The Morgan fingerprint density at radius 1 is 1.25 bits per heavy atom. The summed E-state index contributed by atoms with van der Waals surface area (Å²) >= 11 is 0. The SMILES string of the molecule is Cc1ccccc1NC(=O)CC1(CN)CCCCC1.Cl. The van der Waals surface area contributed by atoms with Crippen LogP contribution in [0.5, 0.6) is 0 Å². The summed E-state index contributed by atoms with van der Waals surface area (Å²) in [5.74, 6) is 0.0988. The summed E-state index contributed by atoms with van der Waals surface area (Å²) in [6.07, 6.45) is 6.41. The van der Waals surface area contributed by atoms with Crippen LogP contribution in [0.25, 0.3) is 0 Å². The van der Waals surface area contributed by atoms with Crippen LogP contribution in [0, 0.1) is 12.3 Å². The molecule has 1 amide bonds. The number of aryl methyl sites for hydroxylation is 1. The number of hydrogen-bond donors (Lipinski definition) is 2. The fourth-order valence-electron chi connectivity index (χ4n) is 3.00. The summed E-state index contributed by atoms with van der Waals surface area (Å²) < 4.78 is 0. The highest BCUT2D eigenvalue weighted by Gasteiger charge is 2.32. The zero-order chi connectivity index (χ0) is 13.7. The van der Waals surface area contributed by atoms with Gasteiger partial charge in [0, 0.05) is 12.1 Å². The lowest BCUT2D eigenvalue weighted by atomic mass is 9.71. The van der Waals surface area contributed by atoms with Gasteiger partial charge in [-0.2, -0.15) is 0 Å². The Hall–Kier alpha value is -1.06. The number of amides is 1. The van der Waals surface area contributed by atoms with E-state index in [1.54, 1.807) is 0 Å². The molecule has 1 aliphatic carbocycles. The Labute approximate surface area is 127 Å². The molecule has 0 atom stereocenters. The highest BCUT2D eigenvalue weighted by atomic mass is 35.5. The van der Waals surface area contributed by atoms with Crippen molar-refractivity contribution in [2.75, 3.05) is 11.9 Å². The molecule has 1 saturated carbocycles. The molecule has 1 aliphatic rings. The van der Waals surface area contributed by atoms with Gasteiger partial charge in [-0.3, -0.25) is 4.79 Å². The molecule has 0 aromatic heterocycles. The maximum absolute atomic E-state index is 12.2. The summed E-state index contributed by atoms with van der Waals surface area (Å²) in [4.78, 5) is 12.2. The lowest BCUT2D eigenvalue weighted by Crippen LogP contribution is -2.36. The predicted octanol–water partition coefficient (Wildman–Crippen LogP) is 3.65. The van der Waals surface area contributed by atoms with E-state index in [0.29, 0.717) is 13.0 Å². The molecule has 0 aliphatic heterocycles. The number of carbonyl (C=O) groups excluding carboxylic acids is 1. The van der Waals surface area contributed by atoms with E-state index in [9.17, 15) is 4.79 Å². The second-order valence-corrected chi connectivity index (χ2v) is 5.80. The number of carbonyl (C=O) groups is 1. The quantitative estimate of drug-likeness (QED) is 0.891. The average molecular weight is 297 g/mol. The van der Waals surface area contributed by atoms with Crippen LogP contribution in [0.2, 0.25) is 0 Å². The third-order valence-corrected chi connectivity index (χ3v) is 4.30. The number of rotatable bonds is 4. The van der Waals surface area contributed by atoms with Gasteiger partial charge >= 0.3 is 0 Å². The molecule has 2 rings (SSSR count). The topological polar surface area (TPSA) is 55.1 Å². The molecular formula is C16H25ClN2O. The van der Waals surface area contributed by atoms with Crippen molar-refractivity contribution >= 4 is 24.0 Å². The molecule has 0 saturated heterocycles. The number of nitrogens with two attached hydrogens (primary N) is 1. The van der Waals surface area contributed by atoms with Crippen LogP contribution in [-0.4, -0.2) is 12.5 Å². The van der Waals surface area contributed by atoms with E-state index in [0.717, 1.165) is 24.1 Å². The maximum Gasteiger partial charge on any atom is 0.224 e. The molecular weight excluding hydrogens is 272 g/mol.